The number of hydrogen-bond acceptors (Lipinski definition) is 2. The van der Waals surface area contributed by atoms with E-state index in [0.29, 0.717) is 5.02 Å². The van der Waals surface area contributed by atoms with Gasteiger partial charge in [0.05, 0.1) is 0 Å². The second kappa shape index (κ2) is 5.68. The first-order chi connectivity index (χ1) is 10.2. The van der Waals surface area contributed by atoms with Gasteiger partial charge in [-0.05, 0) is 41.0 Å². The Bertz CT molecular complexity index is 689. The van der Waals surface area contributed by atoms with Crippen molar-refractivity contribution < 1.29 is 5.11 Å². The first-order valence-corrected chi connectivity index (χ1v) is 7.03. The molecule has 1 N–H and O–H groups in total. The average Bonchev–Trinajstić information content (AvgIpc) is 2.56. The van der Waals surface area contributed by atoms with Crippen LogP contribution in [0.2, 0.25) is 5.02 Å². The minimum atomic E-state index is -1.25. The lowest BCUT2D eigenvalue weighted by atomic mass is 9.81. The molecule has 0 aliphatic rings. The molecule has 21 heavy (non-hydrogen) atoms. The normalized spacial score (nSPS) is 13.6. The minimum Gasteiger partial charge on any atom is -0.376 e. The van der Waals surface area contributed by atoms with Crippen LogP contribution >= 0.6 is 11.6 Å². The summed E-state index contributed by atoms with van der Waals surface area (Å²) in [5.41, 5.74) is 1.02. The van der Waals surface area contributed by atoms with Crippen LogP contribution in [0.15, 0.2) is 79.1 Å². The molecule has 0 bridgehead atoms. The highest BCUT2D eigenvalue weighted by molar-refractivity contribution is 6.30. The second-order valence-electron chi connectivity index (χ2n) is 4.82. The van der Waals surface area contributed by atoms with Gasteiger partial charge in [0.25, 0.3) is 0 Å². The lowest BCUT2D eigenvalue weighted by molar-refractivity contribution is 0.125. The maximum Gasteiger partial charge on any atom is 0.140 e. The second-order valence-corrected chi connectivity index (χ2v) is 5.26. The molecule has 1 aromatic heterocycles. The number of halogens is 1. The van der Waals surface area contributed by atoms with Gasteiger partial charge in [0, 0.05) is 17.4 Å². The molecule has 0 saturated carbocycles. The van der Waals surface area contributed by atoms with Crippen LogP contribution in [-0.2, 0) is 5.60 Å². The van der Waals surface area contributed by atoms with Crippen molar-refractivity contribution in [3.8, 4) is 0 Å². The van der Waals surface area contributed by atoms with Crippen molar-refractivity contribution in [3.05, 3.63) is 101 Å². The van der Waals surface area contributed by atoms with E-state index in [0.717, 1.165) is 16.7 Å². The van der Waals surface area contributed by atoms with Crippen LogP contribution in [0, 0.1) is 0 Å². The fraction of sp³-hybridized carbons (Fsp3) is 0.0556. The van der Waals surface area contributed by atoms with Gasteiger partial charge < -0.3 is 5.11 Å². The molecule has 1 heterocycles. The maximum atomic E-state index is 11.5. The van der Waals surface area contributed by atoms with E-state index in [2.05, 4.69) is 4.98 Å². The summed E-state index contributed by atoms with van der Waals surface area (Å²) in [5, 5.41) is 12.1. The molecule has 2 nitrogen and oxygen atoms in total. The number of rotatable bonds is 3. The third-order valence-electron chi connectivity index (χ3n) is 3.53. The van der Waals surface area contributed by atoms with Gasteiger partial charge in [-0.3, -0.25) is 4.98 Å². The quantitative estimate of drug-likeness (QED) is 0.792. The molecular weight excluding hydrogens is 282 g/mol. The summed E-state index contributed by atoms with van der Waals surface area (Å²) in [7, 11) is 0. The van der Waals surface area contributed by atoms with E-state index in [-0.39, 0.29) is 0 Å². The lowest BCUT2D eigenvalue weighted by Gasteiger charge is -2.30. The summed E-state index contributed by atoms with van der Waals surface area (Å²) in [5.74, 6) is 0. The van der Waals surface area contributed by atoms with Crippen LogP contribution in [0.5, 0.6) is 0 Å². The predicted octanol–water partition coefficient (Wildman–Crippen LogP) is 4.02. The summed E-state index contributed by atoms with van der Waals surface area (Å²) in [6.45, 7) is 0. The topological polar surface area (TPSA) is 33.1 Å². The van der Waals surface area contributed by atoms with E-state index in [1.807, 2.05) is 54.6 Å². The van der Waals surface area contributed by atoms with Crippen molar-refractivity contribution in [2.24, 2.45) is 0 Å². The van der Waals surface area contributed by atoms with E-state index in [1.54, 1.807) is 24.5 Å². The molecule has 0 aliphatic heterocycles. The number of pyridine rings is 1. The van der Waals surface area contributed by atoms with E-state index in [4.69, 9.17) is 11.6 Å². The molecule has 0 fully saturated rings. The molecule has 0 aliphatic carbocycles. The van der Waals surface area contributed by atoms with Crippen LogP contribution in [0.1, 0.15) is 16.7 Å². The largest absolute Gasteiger partial charge is 0.376 e. The van der Waals surface area contributed by atoms with Gasteiger partial charge in [0.2, 0.25) is 0 Å². The van der Waals surface area contributed by atoms with Crippen molar-refractivity contribution >= 4 is 11.6 Å². The molecule has 0 radical (unpaired) electrons. The van der Waals surface area contributed by atoms with Gasteiger partial charge in [-0.15, -0.1) is 0 Å². The minimum absolute atomic E-state index is 0.593. The Labute approximate surface area is 128 Å². The maximum absolute atomic E-state index is 11.5. The van der Waals surface area contributed by atoms with Crippen molar-refractivity contribution in [2.45, 2.75) is 5.60 Å². The molecule has 0 amide bonds. The number of hydrogen-bond donors (Lipinski definition) is 1. The zero-order valence-corrected chi connectivity index (χ0v) is 12.0. The van der Waals surface area contributed by atoms with Gasteiger partial charge in [0.1, 0.15) is 5.60 Å². The highest BCUT2D eigenvalue weighted by atomic mass is 35.5. The highest BCUT2D eigenvalue weighted by Crippen LogP contribution is 2.37. The summed E-state index contributed by atoms with van der Waals surface area (Å²) in [4.78, 5) is 4.03. The molecule has 1 atom stereocenters. The van der Waals surface area contributed by atoms with E-state index < -0.39 is 5.60 Å². The fourth-order valence-corrected chi connectivity index (χ4v) is 2.68. The number of aliphatic hydroxyl groups is 1. The third-order valence-corrected chi connectivity index (χ3v) is 3.77. The Morgan fingerprint density at radius 2 is 1.38 bits per heavy atom. The van der Waals surface area contributed by atoms with Gasteiger partial charge in [-0.1, -0.05) is 54.1 Å². The molecular formula is C18H14ClNO. The monoisotopic (exact) mass is 295 g/mol. The molecule has 1 unspecified atom stereocenters. The highest BCUT2D eigenvalue weighted by Gasteiger charge is 2.33. The van der Waals surface area contributed by atoms with E-state index >= 15 is 0 Å². The zero-order chi connectivity index (χ0) is 14.7. The van der Waals surface area contributed by atoms with Gasteiger partial charge in [-0.2, -0.15) is 0 Å². The van der Waals surface area contributed by atoms with Crippen LogP contribution in [0.4, 0.5) is 0 Å². The van der Waals surface area contributed by atoms with Crippen LogP contribution in [-0.4, -0.2) is 10.1 Å². The summed E-state index contributed by atoms with van der Waals surface area (Å²) >= 11 is 6.10. The van der Waals surface area contributed by atoms with Crippen molar-refractivity contribution in [3.63, 3.8) is 0 Å². The molecule has 3 aromatic rings. The van der Waals surface area contributed by atoms with Gasteiger partial charge in [0.15, 0.2) is 0 Å². The van der Waals surface area contributed by atoms with Crippen LogP contribution in [0.3, 0.4) is 0 Å². The Morgan fingerprint density at radius 3 is 2.05 bits per heavy atom. The summed E-state index contributed by atoms with van der Waals surface area (Å²) in [6.07, 6.45) is 3.35. The van der Waals surface area contributed by atoms with Gasteiger partial charge in [-0.25, -0.2) is 0 Å². The first-order valence-electron chi connectivity index (χ1n) is 6.66. The zero-order valence-electron chi connectivity index (χ0n) is 11.3. The third kappa shape index (κ3) is 2.56. The Balaban J connectivity index is 2.25. The molecule has 2 aromatic carbocycles. The van der Waals surface area contributed by atoms with Crippen molar-refractivity contribution in [1.29, 1.82) is 0 Å². The Morgan fingerprint density at radius 1 is 0.762 bits per heavy atom. The lowest BCUT2D eigenvalue weighted by Crippen LogP contribution is -2.28. The number of nitrogens with zero attached hydrogens (tertiary/aromatic N) is 1. The van der Waals surface area contributed by atoms with Crippen molar-refractivity contribution in [1.82, 2.24) is 4.98 Å². The van der Waals surface area contributed by atoms with Gasteiger partial charge >= 0.3 is 0 Å². The first kappa shape index (κ1) is 13.8. The smallest absolute Gasteiger partial charge is 0.140 e. The Kier molecular flexibility index (Phi) is 3.74. The number of aromatic nitrogens is 1. The molecule has 104 valence electrons. The standard InChI is InChI=1S/C18H14ClNO/c19-17-8-4-7-16(13-17)18(21,14-5-2-1-3-6-14)15-9-11-20-12-10-15/h1-13,21H. The molecule has 3 rings (SSSR count). The van der Waals surface area contributed by atoms with Crippen LogP contribution in [0.25, 0.3) is 0 Å². The molecule has 0 spiro atoms. The number of benzene rings is 2. The van der Waals surface area contributed by atoms with Crippen LogP contribution < -0.4 is 0 Å². The SMILES string of the molecule is OC(c1ccccc1)(c1ccncc1)c1cccc(Cl)c1. The van der Waals surface area contributed by atoms with E-state index in [9.17, 15) is 5.11 Å². The van der Waals surface area contributed by atoms with Crippen molar-refractivity contribution in [2.75, 3.05) is 0 Å². The summed E-state index contributed by atoms with van der Waals surface area (Å²) in [6, 6.07) is 20.5. The van der Waals surface area contributed by atoms with E-state index in [1.165, 1.54) is 0 Å². The Hall–Kier alpha value is -2.16. The average molecular weight is 296 g/mol. The fourth-order valence-electron chi connectivity index (χ4n) is 2.49. The molecule has 0 saturated heterocycles. The molecule has 3 heteroatoms. The summed E-state index contributed by atoms with van der Waals surface area (Å²) < 4.78 is 0. The predicted molar refractivity (Wildman–Crippen MR) is 84.2 cm³/mol.